The summed E-state index contributed by atoms with van der Waals surface area (Å²) < 4.78 is 0. The van der Waals surface area contributed by atoms with Gasteiger partial charge in [0.25, 0.3) is 5.91 Å². The van der Waals surface area contributed by atoms with Gasteiger partial charge in [-0.1, -0.05) is 0 Å². The Morgan fingerprint density at radius 1 is 1.59 bits per heavy atom. The van der Waals surface area contributed by atoms with Crippen molar-refractivity contribution in [1.29, 1.82) is 0 Å². The quantitative estimate of drug-likeness (QED) is 0.521. The molecule has 1 aromatic rings. The van der Waals surface area contributed by atoms with Crippen LogP contribution in [0.25, 0.3) is 0 Å². The van der Waals surface area contributed by atoms with Gasteiger partial charge in [-0.25, -0.2) is 0 Å². The fourth-order valence-electron chi connectivity index (χ4n) is 1.20. The number of anilines is 1. The van der Waals surface area contributed by atoms with Crippen molar-refractivity contribution in [2.45, 2.75) is 13.3 Å². The molecule has 0 bridgehead atoms. The van der Waals surface area contributed by atoms with Crippen LogP contribution in [-0.4, -0.2) is 45.9 Å². The number of aromatic amines is 1. The molecule has 0 aliphatic carbocycles. The van der Waals surface area contributed by atoms with Gasteiger partial charge < -0.3 is 16.2 Å². The van der Waals surface area contributed by atoms with Gasteiger partial charge in [-0.2, -0.15) is 16.9 Å². The maximum atomic E-state index is 11.6. The van der Waals surface area contributed by atoms with E-state index >= 15 is 0 Å². The van der Waals surface area contributed by atoms with Crippen LogP contribution >= 0.6 is 11.8 Å². The standard InChI is InChI=1S/C10H18N4O2S/c1-7-8(11)9(14-13-7)10(16)12-3-6-17-5-2-4-15/h15H,2-6,11H2,1H3,(H,12,16)(H,13,14). The highest BCUT2D eigenvalue weighted by molar-refractivity contribution is 7.99. The van der Waals surface area contributed by atoms with E-state index in [1.807, 2.05) is 0 Å². The smallest absolute Gasteiger partial charge is 0.273 e. The number of nitrogens with zero attached hydrogens (tertiary/aromatic N) is 1. The first-order valence-corrected chi connectivity index (χ1v) is 6.59. The third kappa shape index (κ3) is 4.27. The fraction of sp³-hybridized carbons (Fsp3) is 0.600. The number of nitrogen functional groups attached to an aromatic ring is 1. The largest absolute Gasteiger partial charge is 0.396 e. The number of aliphatic hydroxyl groups excluding tert-OH is 1. The lowest BCUT2D eigenvalue weighted by Gasteiger charge is -2.03. The first-order chi connectivity index (χ1) is 8.16. The highest BCUT2D eigenvalue weighted by Gasteiger charge is 2.14. The maximum absolute atomic E-state index is 11.6. The zero-order valence-electron chi connectivity index (χ0n) is 9.82. The molecule has 0 aromatic carbocycles. The molecule has 17 heavy (non-hydrogen) atoms. The van der Waals surface area contributed by atoms with Gasteiger partial charge in [0, 0.05) is 18.9 Å². The number of hydrogen-bond donors (Lipinski definition) is 4. The van der Waals surface area contributed by atoms with Gasteiger partial charge in [-0.15, -0.1) is 0 Å². The second-order valence-electron chi connectivity index (χ2n) is 3.56. The number of hydrogen-bond acceptors (Lipinski definition) is 5. The summed E-state index contributed by atoms with van der Waals surface area (Å²) in [5.41, 5.74) is 7.04. The summed E-state index contributed by atoms with van der Waals surface area (Å²) >= 11 is 1.69. The normalized spacial score (nSPS) is 10.5. The molecule has 0 saturated carbocycles. The Kier molecular flexibility index (Phi) is 5.85. The SMILES string of the molecule is Cc1[nH]nc(C(=O)NCCSCCCO)c1N. The first-order valence-electron chi connectivity index (χ1n) is 5.44. The van der Waals surface area contributed by atoms with E-state index in [1.165, 1.54) is 0 Å². The van der Waals surface area contributed by atoms with E-state index in [1.54, 1.807) is 18.7 Å². The van der Waals surface area contributed by atoms with E-state index in [9.17, 15) is 4.79 Å². The summed E-state index contributed by atoms with van der Waals surface area (Å²) in [4.78, 5) is 11.6. The number of aromatic nitrogens is 2. The molecule has 1 amide bonds. The van der Waals surface area contributed by atoms with Gasteiger partial charge in [0.05, 0.1) is 11.4 Å². The maximum Gasteiger partial charge on any atom is 0.273 e. The van der Waals surface area contributed by atoms with Gasteiger partial charge in [0.15, 0.2) is 5.69 Å². The molecule has 0 unspecified atom stereocenters. The number of amides is 1. The Balaban J connectivity index is 2.24. The molecule has 0 aliphatic rings. The molecule has 0 aliphatic heterocycles. The van der Waals surface area contributed by atoms with Crippen LogP contribution in [0.3, 0.4) is 0 Å². The predicted octanol–water partition coefficient (Wildman–Crippen LogP) is 0.146. The van der Waals surface area contributed by atoms with Crippen LogP contribution < -0.4 is 11.1 Å². The number of nitrogens with one attached hydrogen (secondary N) is 2. The van der Waals surface area contributed by atoms with E-state index in [0.29, 0.717) is 17.9 Å². The number of carbonyl (C=O) groups is 1. The average Bonchev–Trinajstić information content (AvgIpc) is 2.64. The molecular weight excluding hydrogens is 240 g/mol. The van der Waals surface area contributed by atoms with Gasteiger partial charge >= 0.3 is 0 Å². The van der Waals surface area contributed by atoms with Crippen LogP contribution in [0.4, 0.5) is 5.69 Å². The second-order valence-corrected chi connectivity index (χ2v) is 4.78. The Morgan fingerprint density at radius 3 is 2.94 bits per heavy atom. The molecule has 1 heterocycles. The molecule has 7 heteroatoms. The molecule has 96 valence electrons. The zero-order chi connectivity index (χ0) is 12.7. The van der Waals surface area contributed by atoms with Crippen molar-refractivity contribution in [3.8, 4) is 0 Å². The molecule has 5 N–H and O–H groups in total. The summed E-state index contributed by atoms with van der Waals surface area (Å²) in [5.74, 6) is 1.46. The van der Waals surface area contributed by atoms with Crippen molar-refractivity contribution < 1.29 is 9.90 Å². The Bertz CT molecular complexity index is 367. The van der Waals surface area contributed by atoms with Crippen molar-refractivity contribution >= 4 is 23.4 Å². The molecule has 0 saturated heterocycles. The minimum absolute atomic E-state index is 0.211. The van der Waals surface area contributed by atoms with E-state index in [2.05, 4.69) is 15.5 Å². The molecular formula is C10H18N4O2S. The molecule has 1 rings (SSSR count). The monoisotopic (exact) mass is 258 g/mol. The number of nitrogens with two attached hydrogens (primary N) is 1. The van der Waals surface area contributed by atoms with Crippen molar-refractivity contribution in [3.05, 3.63) is 11.4 Å². The number of carbonyl (C=O) groups excluding carboxylic acids is 1. The third-order valence-corrected chi connectivity index (χ3v) is 3.26. The Labute approximate surface area is 104 Å². The van der Waals surface area contributed by atoms with Gasteiger partial charge in [0.2, 0.25) is 0 Å². The second kappa shape index (κ2) is 7.18. The molecule has 0 spiro atoms. The van der Waals surface area contributed by atoms with Crippen LogP contribution in [-0.2, 0) is 0 Å². The van der Waals surface area contributed by atoms with Crippen LogP contribution in [0, 0.1) is 6.92 Å². The minimum Gasteiger partial charge on any atom is -0.396 e. The number of thioether (sulfide) groups is 1. The highest BCUT2D eigenvalue weighted by atomic mass is 32.2. The lowest BCUT2D eigenvalue weighted by atomic mass is 10.3. The summed E-state index contributed by atoms with van der Waals surface area (Å²) in [6, 6.07) is 0. The first kappa shape index (κ1) is 13.9. The van der Waals surface area contributed by atoms with E-state index < -0.39 is 0 Å². The van der Waals surface area contributed by atoms with E-state index in [0.717, 1.165) is 17.9 Å². The fourth-order valence-corrected chi connectivity index (χ4v) is 1.98. The van der Waals surface area contributed by atoms with Crippen molar-refractivity contribution in [2.24, 2.45) is 0 Å². The predicted molar refractivity (Wildman–Crippen MR) is 69.1 cm³/mol. The lowest BCUT2D eigenvalue weighted by molar-refractivity contribution is 0.0952. The van der Waals surface area contributed by atoms with Crippen LogP contribution in [0.2, 0.25) is 0 Å². The highest BCUT2D eigenvalue weighted by Crippen LogP contribution is 2.11. The van der Waals surface area contributed by atoms with Crippen LogP contribution in [0.5, 0.6) is 0 Å². The minimum atomic E-state index is -0.255. The molecule has 0 radical (unpaired) electrons. The van der Waals surface area contributed by atoms with Crippen molar-refractivity contribution in [3.63, 3.8) is 0 Å². The van der Waals surface area contributed by atoms with Gasteiger partial charge in [-0.05, 0) is 19.1 Å². The summed E-state index contributed by atoms with van der Waals surface area (Å²) in [6.45, 7) is 2.55. The van der Waals surface area contributed by atoms with Crippen molar-refractivity contribution in [1.82, 2.24) is 15.5 Å². The van der Waals surface area contributed by atoms with Gasteiger partial charge in [-0.3, -0.25) is 9.89 Å². The molecule has 6 nitrogen and oxygen atoms in total. The van der Waals surface area contributed by atoms with E-state index in [4.69, 9.17) is 10.8 Å². The Hall–Kier alpha value is -1.21. The number of rotatable bonds is 7. The summed E-state index contributed by atoms with van der Waals surface area (Å²) in [5, 5.41) is 17.8. The topological polar surface area (TPSA) is 104 Å². The number of aliphatic hydroxyl groups is 1. The number of aryl methyl sites for hydroxylation is 1. The molecule has 0 fully saturated rings. The zero-order valence-corrected chi connectivity index (χ0v) is 10.6. The van der Waals surface area contributed by atoms with Crippen LogP contribution in [0.15, 0.2) is 0 Å². The lowest BCUT2D eigenvalue weighted by Crippen LogP contribution is -2.26. The Morgan fingerprint density at radius 2 is 2.35 bits per heavy atom. The number of H-pyrrole nitrogens is 1. The average molecular weight is 258 g/mol. The molecule has 1 aromatic heterocycles. The van der Waals surface area contributed by atoms with Crippen molar-refractivity contribution in [2.75, 3.05) is 30.4 Å². The van der Waals surface area contributed by atoms with E-state index in [-0.39, 0.29) is 18.2 Å². The summed E-state index contributed by atoms with van der Waals surface area (Å²) in [6.07, 6.45) is 0.782. The summed E-state index contributed by atoms with van der Waals surface area (Å²) in [7, 11) is 0. The van der Waals surface area contributed by atoms with Gasteiger partial charge in [0.1, 0.15) is 0 Å². The molecule has 0 atom stereocenters. The van der Waals surface area contributed by atoms with Crippen LogP contribution in [0.1, 0.15) is 22.6 Å². The third-order valence-electron chi connectivity index (χ3n) is 2.19.